The van der Waals surface area contributed by atoms with E-state index < -0.39 is 11.5 Å². The van der Waals surface area contributed by atoms with Crippen LogP contribution in [-0.2, 0) is 6.54 Å². The number of nitrogens with zero attached hydrogens (tertiary/aromatic N) is 1. The molecule has 2 heterocycles. The summed E-state index contributed by atoms with van der Waals surface area (Å²) >= 11 is 0. The third kappa shape index (κ3) is 3.04. The lowest BCUT2D eigenvalue weighted by atomic mass is 10.2. The lowest BCUT2D eigenvalue weighted by Gasteiger charge is -2.10. The van der Waals surface area contributed by atoms with Gasteiger partial charge in [0.05, 0.1) is 0 Å². The summed E-state index contributed by atoms with van der Waals surface area (Å²) in [6.45, 7) is 5.15. The van der Waals surface area contributed by atoms with Gasteiger partial charge < -0.3 is 14.3 Å². The van der Waals surface area contributed by atoms with E-state index in [9.17, 15) is 9.59 Å². The van der Waals surface area contributed by atoms with Crippen molar-refractivity contribution >= 4 is 16.9 Å². The van der Waals surface area contributed by atoms with Crippen LogP contribution < -0.4 is 10.9 Å². The number of benzene rings is 1. The maximum Gasteiger partial charge on any atom is 0.349 e. The Hall–Kier alpha value is -2.82. The normalized spacial score (nSPS) is 10.9. The topological polar surface area (TPSA) is 64.2 Å². The summed E-state index contributed by atoms with van der Waals surface area (Å²) in [5.41, 5.74) is 2.18. The molecule has 1 aromatic carbocycles. The number of hydrogen-bond donors (Lipinski definition) is 1. The molecule has 0 radical (unpaired) electrons. The van der Waals surface area contributed by atoms with Crippen molar-refractivity contribution in [3.05, 3.63) is 69.8 Å². The van der Waals surface area contributed by atoms with Crippen LogP contribution in [0.25, 0.3) is 11.0 Å². The molecule has 23 heavy (non-hydrogen) atoms. The molecule has 3 aromatic rings. The van der Waals surface area contributed by atoms with Crippen LogP contribution in [0.3, 0.4) is 0 Å². The van der Waals surface area contributed by atoms with E-state index in [1.54, 1.807) is 18.2 Å². The number of hydrogen-bond acceptors (Lipinski definition) is 3. The molecular formula is C18H18N2O3. The molecule has 5 heteroatoms. The number of fused-ring (bicyclic) bond motifs is 1. The summed E-state index contributed by atoms with van der Waals surface area (Å²) in [6.07, 6.45) is 0. The van der Waals surface area contributed by atoms with Crippen molar-refractivity contribution in [1.29, 1.82) is 0 Å². The van der Waals surface area contributed by atoms with Crippen LogP contribution in [0.2, 0.25) is 0 Å². The van der Waals surface area contributed by atoms with Crippen molar-refractivity contribution in [3.63, 3.8) is 0 Å². The van der Waals surface area contributed by atoms with Crippen molar-refractivity contribution in [1.82, 2.24) is 9.88 Å². The molecule has 0 aliphatic rings. The van der Waals surface area contributed by atoms with Crippen LogP contribution in [0, 0.1) is 13.8 Å². The van der Waals surface area contributed by atoms with Crippen molar-refractivity contribution in [2.24, 2.45) is 0 Å². The molecule has 0 saturated carbocycles. The Balaban J connectivity index is 1.73. The molecule has 0 spiro atoms. The van der Waals surface area contributed by atoms with Gasteiger partial charge in [0.15, 0.2) is 0 Å². The first-order chi connectivity index (χ1) is 11.1. The Morgan fingerprint density at radius 1 is 1.13 bits per heavy atom. The highest BCUT2D eigenvalue weighted by molar-refractivity contribution is 5.96. The molecule has 0 aliphatic carbocycles. The Kier molecular flexibility index (Phi) is 4.02. The molecule has 0 unspecified atom stereocenters. The minimum Gasteiger partial charge on any atom is -0.422 e. The largest absolute Gasteiger partial charge is 0.422 e. The highest BCUT2D eigenvalue weighted by atomic mass is 16.4. The second-order valence-electron chi connectivity index (χ2n) is 5.51. The first kappa shape index (κ1) is 15.1. The van der Waals surface area contributed by atoms with Crippen LogP contribution in [0.5, 0.6) is 0 Å². The summed E-state index contributed by atoms with van der Waals surface area (Å²) in [4.78, 5) is 24.2. The summed E-state index contributed by atoms with van der Waals surface area (Å²) in [7, 11) is 0. The third-order valence-electron chi connectivity index (χ3n) is 3.92. The number of nitrogens with one attached hydrogen (secondary N) is 1. The van der Waals surface area contributed by atoms with Crippen molar-refractivity contribution in [2.75, 3.05) is 6.54 Å². The molecule has 1 N–H and O–H groups in total. The van der Waals surface area contributed by atoms with E-state index in [1.165, 1.54) is 0 Å². The van der Waals surface area contributed by atoms with Crippen LogP contribution in [-0.4, -0.2) is 17.0 Å². The van der Waals surface area contributed by atoms with Gasteiger partial charge in [0.1, 0.15) is 11.1 Å². The predicted octanol–water partition coefficient (Wildman–Crippen LogP) is 2.64. The molecule has 0 aliphatic heterocycles. The first-order valence-electron chi connectivity index (χ1n) is 7.50. The Labute approximate surface area is 133 Å². The average Bonchev–Trinajstić information content (AvgIpc) is 2.86. The Morgan fingerprint density at radius 3 is 2.57 bits per heavy atom. The van der Waals surface area contributed by atoms with Crippen LogP contribution in [0.15, 0.2) is 51.7 Å². The maximum absolute atomic E-state index is 12.2. The molecule has 0 bridgehead atoms. The van der Waals surface area contributed by atoms with Crippen molar-refractivity contribution in [3.8, 4) is 0 Å². The number of para-hydroxylation sites is 1. The molecule has 2 aromatic heterocycles. The minimum atomic E-state index is -0.616. The van der Waals surface area contributed by atoms with Gasteiger partial charge >= 0.3 is 5.63 Å². The molecule has 0 fully saturated rings. The summed E-state index contributed by atoms with van der Waals surface area (Å²) in [6, 6.07) is 12.8. The second kappa shape index (κ2) is 6.12. The van der Waals surface area contributed by atoms with E-state index >= 15 is 0 Å². The highest BCUT2D eigenvalue weighted by Crippen LogP contribution is 2.12. The number of carbonyl (C=O) groups excluding carboxylic acids is 1. The van der Waals surface area contributed by atoms with Crippen molar-refractivity contribution < 1.29 is 9.21 Å². The number of aryl methyl sites for hydroxylation is 2. The number of aromatic nitrogens is 1. The zero-order valence-corrected chi connectivity index (χ0v) is 13.1. The van der Waals surface area contributed by atoms with Gasteiger partial charge in [0.2, 0.25) is 0 Å². The Morgan fingerprint density at radius 2 is 1.83 bits per heavy atom. The van der Waals surface area contributed by atoms with E-state index in [2.05, 4.69) is 9.88 Å². The molecular weight excluding hydrogens is 292 g/mol. The van der Waals surface area contributed by atoms with Gasteiger partial charge in [-0.25, -0.2) is 4.79 Å². The monoisotopic (exact) mass is 310 g/mol. The SMILES string of the molecule is Cc1ccc(C)n1CCNC(=O)c1cc2ccccc2oc1=O. The quantitative estimate of drug-likeness (QED) is 0.753. The van der Waals surface area contributed by atoms with Crippen LogP contribution in [0.4, 0.5) is 0 Å². The molecule has 118 valence electrons. The second-order valence-corrected chi connectivity index (χ2v) is 5.51. The molecule has 0 atom stereocenters. The number of rotatable bonds is 4. The maximum atomic E-state index is 12.2. The first-order valence-corrected chi connectivity index (χ1v) is 7.50. The smallest absolute Gasteiger partial charge is 0.349 e. The van der Waals surface area contributed by atoms with Gasteiger partial charge in [-0.05, 0) is 38.1 Å². The van der Waals surface area contributed by atoms with E-state index in [4.69, 9.17) is 4.42 Å². The van der Waals surface area contributed by atoms with E-state index in [0.29, 0.717) is 18.7 Å². The lowest BCUT2D eigenvalue weighted by Crippen LogP contribution is -2.31. The Bertz CT molecular complexity index is 902. The fourth-order valence-corrected chi connectivity index (χ4v) is 2.65. The highest BCUT2D eigenvalue weighted by Gasteiger charge is 2.13. The van der Waals surface area contributed by atoms with Gasteiger partial charge in [-0.2, -0.15) is 0 Å². The average molecular weight is 310 g/mol. The van der Waals surface area contributed by atoms with Gasteiger partial charge in [-0.3, -0.25) is 4.79 Å². The molecule has 1 amide bonds. The minimum absolute atomic E-state index is 0.0321. The lowest BCUT2D eigenvalue weighted by molar-refractivity contribution is 0.0948. The standard InChI is InChI=1S/C18H18N2O3/c1-12-7-8-13(2)20(12)10-9-19-17(21)15-11-14-5-3-4-6-16(14)23-18(15)22/h3-8,11H,9-10H2,1-2H3,(H,19,21). The van der Waals surface area contributed by atoms with Crippen LogP contribution >= 0.6 is 0 Å². The number of amides is 1. The van der Waals surface area contributed by atoms with Crippen molar-refractivity contribution in [2.45, 2.75) is 20.4 Å². The summed E-state index contributed by atoms with van der Waals surface area (Å²) in [5, 5.41) is 3.51. The third-order valence-corrected chi connectivity index (χ3v) is 3.92. The van der Waals surface area contributed by atoms with Crippen LogP contribution in [0.1, 0.15) is 21.7 Å². The zero-order chi connectivity index (χ0) is 16.4. The fourth-order valence-electron chi connectivity index (χ4n) is 2.65. The molecule has 0 saturated heterocycles. The van der Waals surface area contributed by atoms with E-state index in [-0.39, 0.29) is 5.56 Å². The predicted molar refractivity (Wildman–Crippen MR) is 88.7 cm³/mol. The van der Waals surface area contributed by atoms with E-state index in [1.807, 2.05) is 38.1 Å². The summed E-state index contributed by atoms with van der Waals surface area (Å²) < 4.78 is 7.30. The van der Waals surface area contributed by atoms with Gasteiger partial charge in [0.25, 0.3) is 5.91 Å². The van der Waals surface area contributed by atoms with Gasteiger partial charge in [-0.15, -0.1) is 0 Å². The van der Waals surface area contributed by atoms with Gasteiger partial charge in [0, 0.05) is 29.9 Å². The van der Waals surface area contributed by atoms with E-state index in [0.717, 1.165) is 16.8 Å². The molecule has 3 rings (SSSR count). The zero-order valence-electron chi connectivity index (χ0n) is 13.1. The van der Waals surface area contributed by atoms with Gasteiger partial charge in [-0.1, -0.05) is 18.2 Å². The fraction of sp³-hybridized carbons (Fsp3) is 0.222. The number of carbonyl (C=O) groups is 1. The summed E-state index contributed by atoms with van der Waals surface area (Å²) in [5.74, 6) is -0.410. The molecule has 5 nitrogen and oxygen atoms in total.